The van der Waals surface area contributed by atoms with Crippen molar-refractivity contribution in [3.63, 3.8) is 0 Å². The highest BCUT2D eigenvalue weighted by Crippen LogP contribution is 2.61. The van der Waals surface area contributed by atoms with Crippen LogP contribution in [0, 0.1) is 44.6 Å². The molecule has 4 saturated carbocycles. The largest absolute Gasteiger partial charge is 0.494 e. The molecule has 164 valence electrons. The summed E-state index contributed by atoms with van der Waals surface area (Å²) in [5.74, 6) is 2.06. The van der Waals surface area contributed by atoms with Crippen LogP contribution < -0.4 is 15.4 Å². The summed E-state index contributed by atoms with van der Waals surface area (Å²) in [4.78, 5) is 23.1. The maximum atomic E-state index is 12.7. The minimum Gasteiger partial charge on any atom is -0.494 e. The zero-order valence-corrected chi connectivity index (χ0v) is 17.9. The molecule has 0 aromatic heterocycles. The number of non-ortho nitro benzene ring substituents is 1. The normalized spacial score (nSPS) is 29.7. The van der Waals surface area contributed by atoms with Gasteiger partial charge in [-0.15, -0.1) is 0 Å². The number of carbonyl (C=O) groups excluding carboxylic acids is 1. The summed E-state index contributed by atoms with van der Waals surface area (Å²) in [7, 11) is 1.37. The molecule has 4 aliphatic carbocycles. The SMILES string of the molecule is COc1cc([N+](=O)[O-])ccc1NC(=O)/C(C#N)=C\NC(C)C12CC3CC(CC(C3)C1)C2. The maximum absolute atomic E-state index is 12.7. The number of hydrogen-bond acceptors (Lipinski definition) is 6. The molecule has 8 heteroatoms. The van der Waals surface area contributed by atoms with Gasteiger partial charge in [-0.2, -0.15) is 5.26 Å². The number of nitriles is 1. The number of nitro groups is 1. The van der Waals surface area contributed by atoms with E-state index in [-0.39, 0.29) is 34.2 Å². The van der Waals surface area contributed by atoms with Crippen LogP contribution in [0.1, 0.15) is 45.4 Å². The van der Waals surface area contributed by atoms with Gasteiger partial charge < -0.3 is 15.4 Å². The number of anilines is 1. The number of benzene rings is 1. The van der Waals surface area contributed by atoms with Crippen molar-refractivity contribution in [3.05, 3.63) is 40.1 Å². The van der Waals surface area contributed by atoms with Gasteiger partial charge in [0.1, 0.15) is 17.4 Å². The lowest BCUT2D eigenvalue weighted by Gasteiger charge is -2.59. The van der Waals surface area contributed by atoms with Gasteiger partial charge in [0, 0.05) is 18.3 Å². The van der Waals surface area contributed by atoms with Crippen LogP contribution in [0.5, 0.6) is 5.75 Å². The molecule has 4 aliphatic rings. The van der Waals surface area contributed by atoms with Gasteiger partial charge in [0.25, 0.3) is 11.6 Å². The topological polar surface area (TPSA) is 117 Å². The molecule has 1 aromatic carbocycles. The fraction of sp³-hybridized carbons (Fsp3) is 0.565. The first-order chi connectivity index (χ1) is 14.8. The summed E-state index contributed by atoms with van der Waals surface area (Å²) in [5.41, 5.74) is 0.339. The zero-order valence-electron chi connectivity index (χ0n) is 17.9. The molecule has 0 saturated heterocycles. The van der Waals surface area contributed by atoms with Crippen molar-refractivity contribution in [2.75, 3.05) is 12.4 Å². The number of hydrogen-bond donors (Lipinski definition) is 2. The first-order valence-corrected chi connectivity index (χ1v) is 10.8. The van der Waals surface area contributed by atoms with E-state index in [1.807, 2.05) is 6.07 Å². The van der Waals surface area contributed by atoms with Crippen molar-refractivity contribution in [3.8, 4) is 11.8 Å². The van der Waals surface area contributed by atoms with E-state index in [2.05, 4.69) is 17.6 Å². The number of carbonyl (C=O) groups is 1. The average Bonchev–Trinajstić information content (AvgIpc) is 2.73. The first-order valence-electron chi connectivity index (χ1n) is 10.8. The quantitative estimate of drug-likeness (QED) is 0.294. The summed E-state index contributed by atoms with van der Waals surface area (Å²) in [5, 5.41) is 26.4. The Morgan fingerprint density at radius 3 is 2.42 bits per heavy atom. The van der Waals surface area contributed by atoms with Crippen molar-refractivity contribution in [2.45, 2.75) is 51.5 Å². The lowest BCUT2D eigenvalue weighted by Crippen LogP contribution is -2.54. The van der Waals surface area contributed by atoms with E-state index < -0.39 is 10.8 Å². The van der Waals surface area contributed by atoms with Gasteiger partial charge in [-0.1, -0.05) is 0 Å². The van der Waals surface area contributed by atoms with E-state index in [1.165, 1.54) is 70.0 Å². The van der Waals surface area contributed by atoms with Gasteiger partial charge in [-0.25, -0.2) is 0 Å². The number of nitrogens with one attached hydrogen (secondary N) is 2. The second-order valence-corrected chi connectivity index (χ2v) is 9.43. The fourth-order valence-corrected chi connectivity index (χ4v) is 6.33. The number of ether oxygens (including phenoxy) is 1. The van der Waals surface area contributed by atoms with Crippen LogP contribution in [0.25, 0.3) is 0 Å². The molecular formula is C23H28N4O4. The van der Waals surface area contributed by atoms with Gasteiger partial charge in [0.2, 0.25) is 0 Å². The molecule has 0 aliphatic heterocycles. The second kappa shape index (κ2) is 8.22. The standard InChI is InChI=1S/C23H28N4O4/c1-14(23-9-15-5-16(10-23)7-17(6-15)11-23)25-13-18(12-24)22(28)26-20-4-3-19(27(29)30)8-21(20)31-2/h3-4,8,13-17,25H,5-7,9-11H2,1-2H3,(H,26,28)/b18-13-. The van der Waals surface area contributed by atoms with Gasteiger partial charge in [-0.3, -0.25) is 14.9 Å². The predicted molar refractivity (Wildman–Crippen MR) is 115 cm³/mol. The van der Waals surface area contributed by atoms with Crippen molar-refractivity contribution < 1.29 is 14.5 Å². The Bertz CT molecular complexity index is 930. The highest BCUT2D eigenvalue weighted by molar-refractivity contribution is 6.07. The van der Waals surface area contributed by atoms with Crippen LogP contribution in [0.3, 0.4) is 0 Å². The Kier molecular flexibility index (Phi) is 5.61. The molecular weight excluding hydrogens is 396 g/mol. The van der Waals surface area contributed by atoms with E-state index in [0.717, 1.165) is 17.8 Å². The third-order valence-electron chi connectivity index (χ3n) is 7.49. The second-order valence-electron chi connectivity index (χ2n) is 9.43. The minimum atomic E-state index is -0.583. The van der Waals surface area contributed by atoms with Gasteiger partial charge >= 0.3 is 0 Å². The Balaban J connectivity index is 1.45. The smallest absolute Gasteiger partial charge is 0.273 e. The third-order valence-corrected chi connectivity index (χ3v) is 7.49. The predicted octanol–water partition coefficient (Wildman–Crippen LogP) is 4.14. The molecule has 2 N–H and O–H groups in total. The Morgan fingerprint density at radius 2 is 1.90 bits per heavy atom. The number of nitrogens with zero attached hydrogens (tertiary/aromatic N) is 2. The highest BCUT2D eigenvalue weighted by atomic mass is 16.6. The fourth-order valence-electron chi connectivity index (χ4n) is 6.33. The molecule has 1 aromatic rings. The number of nitro benzene ring substituents is 1. The van der Waals surface area contributed by atoms with E-state index in [0.29, 0.717) is 0 Å². The van der Waals surface area contributed by atoms with E-state index in [9.17, 15) is 20.2 Å². The van der Waals surface area contributed by atoms with Crippen LogP contribution in [0.2, 0.25) is 0 Å². The summed E-state index contributed by atoms with van der Waals surface area (Å²) in [6.45, 7) is 2.16. The Morgan fingerprint density at radius 1 is 1.29 bits per heavy atom. The van der Waals surface area contributed by atoms with Gasteiger partial charge in [0.05, 0.1) is 23.8 Å². The van der Waals surface area contributed by atoms with Crippen LogP contribution in [0.4, 0.5) is 11.4 Å². The molecule has 31 heavy (non-hydrogen) atoms. The summed E-state index contributed by atoms with van der Waals surface area (Å²) in [6.07, 6.45) is 9.30. The molecule has 8 nitrogen and oxygen atoms in total. The lowest BCUT2D eigenvalue weighted by molar-refractivity contribution is -0.384. The Hall–Kier alpha value is -3.08. The molecule has 1 amide bonds. The molecule has 0 radical (unpaired) electrons. The minimum absolute atomic E-state index is 0.0445. The molecule has 5 rings (SSSR count). The first kappa shape index (κ1) is 21.2. The van der Waals surface area contributed by atoms with E-state index in [1.54, 1.807) is 0 Å². The Labute approximate surface area is 181 Å². The molecule has 4 bridgehead atoms. The lowest BCUT2D eigenvalue weighted by atomic mass is 9.48. The highest BCUT2D eigenvalue weighted by Gasteiger charge is 2.53. The van der Waals surface area contributed by atoms with E-state index in [4.69, 9.17) is 4.74 Å². The molecule has 0 heterocycles. The van der Waals surface area contributed by atoms with Gasteiger partial charge in [0.15, 0.2) is 0 Å². The molecule has 1 atom stereocenters. The number of methoxy groups -OCH3 is 1. The summed E-state index contributed by atoms with van der Waals surface area (Å²) in [6, 6.07) is 6.05. The van der Waals surface area contributed by atoms with Crippen molar-refractivity contribution in [1.29, 1.82) is 5.26 Å². The van der Waals surface area contributed by atoms with Crippen LogP contribution >= 0.6 is 0 Å². The maximum Gasteiger partial charge on any atom is 0.273 e. The molecule has 4 fully saturated rings. The van der Waals surface area contributed by atoms with E-state index >= 15 is 0 Å². The van der Waals surface area contributed by atoms with Crippen molar-refractivity contribution in [1.82, 2.24) is 5.32 Å². The molecule has 0 spiro atoms. The van der Waals surface area contributed by atoms with Crippen LogP contribution in [0.15, 0.2) is 30.0 Å². The average molecular weight is 425 g/mol. The summed E-state index contributed by atoms with van der Waals surface area (Å²) < 4.78 is 5.15. The summed E-state index contributed by atoms with van der Waals surface area (Å²) >= 11 is 0. The zero-order chi connectivity index (χ0) is 22.2. The third kappa shape index (κ3) is 4.09. The number of rotatable bonds is 7. The van der Waals surface area contributed by atoms with Gasteiger partial charge in [-0.05, 0) is 74.7 Å². The van der Waals surface area contributed by atoms with Crippen molar-refractivity contribution in [2.24, 2.45) is 23.2 Å². The van der Waals surface area contributed by atoms with Crippen LogP contribution in [-0.2, 0) is 4.79 Å². The number of amides is 1. The molecule has 1 unspecified atom stereocenters. The monoisotopic (exact) mass is 424 g/mol. The van der Waals surface area contributed by atoms with Crippen LogP contribution in [-0.4, -0.2) is 24.0 Å². The van der Waals surface area contributed by atoms with Crippen molar-refractivity contribution >= 4 is 17.3 Å².